The van der Waals surface area contributed by atoms with E-state index in [-0.39, 0.29) is 5.91 Å². The number of hydrogen-bond donors (Lipinski definition) is 0. The van der Waals surface area contributed by atoms with Crippen LogP contribution in [0.2, 0.25) is 5.02 Å². The predicted molar refractivity (Wildman–Crippen MR) is 143 cm³/mol. The van der Waals surface area contributed by atoms with Crippen molar-refractivity contribution >= 4 is 60.1 Å². The fraction of sp³-hybridized carbons (Fsp3) is 0.320. The molecule has 0 N–H and O–H groups in total. The molecule has 2 aromatic carbocycles. The number of aromatic nitrogens is 2. The van der Waals surface area contributed by atoms with Gasteiger partial charge in [0, 0.05) is 36.2 Å². The van der Waals surface area contributed by atoms with Crippen LogP contribution in [0.3, 0.4) is 0 Å². The highest BCUT2D eigenvalue weighted by atomic mass is 79.9. The van der Waals surface area contributed by atoms with Gasteiger partial charge in [-0.2, -0.15) is 0 Å². The van der Waals surface area contributed by atoms with Crippen LogP contribution in [-0.4, -0.2) is 60.3 Å². The van der Waals surface area contributed by atoms with E-state index in [1.165, 1.54) is 11.3 Å². The van der Waals surface area contributed by atoms with Gasteiger partial charge in [-0.05, 0) is 37.6 Å². The maximum atomic E-state index is 14.1. The summed E-state index contributed by atoms with van der Waals surface area (Å²) in [5, 5.41) is 5.36. The Morgan fingerprint density at radius 2 is 2.03 bits per heavy atom. The van der Waals surface area contributed by atoms with Gasteiger partial charge in [-0.15, -0.1) is 0 Å². The Bertz CT molecular complexity index is 1350. The lowest BCUT2D eigenvalue weighted by atomic mass is 10.1. The molecule has 1 aliphatic heterocycles. The molecule has 0 radical (unpaired) electrons. The molecule has 1 saturated heterocycles. The van der Waals surface area contributed by atoms with Crippen molar-refractivity contribution in [2.75, 3.05) is 44.3 Å². The van der Waals surface area contributed by atoms with E-state index >= 15 is 0 Å². The molecule has 3 heterocycles. The summed E-state index contributed by atoms with van der Waals surface area (Å²) in [5.74, 6) is 0.255. The molecular weight excluding hydrogens is 552 g/mol. The monoisotopic (exact) mass is 574 g/mol. The number of fused-ring (bicyclic) bond motifs is 1. The molecule has 182 valence electrons. The third-order valence-corrected chi connectivity index (χ3v) is 7.84. The molecule has 0 aliphatic carbocycles. The van der Waals surface area contributed by atoms with Crippen molar-refractivity contribution < 1.29 is 14.1 Å². The van der Waals surface area contributed by atoms with Crippen LogP contribution in [0, 0.1) is 6.92 Å². The Balaban J connectivity index is 1.49. The minimum Gasteiger partial charge on any atom is -0.379 e. The van der Waals surface area contributed by atoms with Gasteiger partial charge in [0.25, 0.3) is 5.91 Å². The second-order valence-electron chi connectivity index (χ2n) is 8.32. The summed E-state index contributed by atoms with van der Waals surface area (Å²) in [5.41, 5.74) is 2.37. The van der Waals surface area contributed by atoms with Crippen molar-refractivity contribution in [1.82, 2.24) is 15.0 Å². The zero-order valence-electron chi connectivity index (χ0n) is 19.2. The molecule has 35 heavy (non-hydrogen) atoms. The zero-order valence-corrected chi connectivity index (χ0v) is 22.3. The highest BCUT2D eigenvalue weighted by molar-refractivity contribution is 9.10. The number of anilines is 1. The largest absolute Gasteiger partial charge is 0.379 e. The number of benzene rings is 2. The van der Waals surface area contributed by atoms with Gasteiger partial charge in [-0.1, -0.05) is 62.2 Å². The topological polar surface area (TPSA) is 71.7 Å². The number of rotatable bonds is 7. The molecule has 7 nitrogen and oxygen atoms in total. The molecule has 5 rings (SSSR count). The molecular formula is C25H24BrClN4O3S. The number of halogens is 2. The van der Waals surface area contributed by atoms with Gasteiger partial charge in [0.1, 0.15) is 17.0 Å². The SMILES string of the molecule is Cc1onc(-c2ccccc2Cl)c1C(=O)N(CCCN1CCOCC1)c1nc2ccc(Br)cc2s1. The highest BCUT2D eigenvalue weighted by Crippen LogP contribution is 2.35. The van der Waals surface area contributed by atoms with Gasteiger partial charge in [0.05, 0.1) is 28.5 Å². The molecule has 0 spiro atoms. The predicted octanol–water partition coefficient (Wildman–Crippen LogP) is 6.04. The fourth-order valence-electron chi connectivity index (χ4n) is 4.16. The third-order valence-electron chi connectivity index (χ3n) is 5.98. The molecule has 0 unspecified atom stereocenters. The Morgan fingerprint density at radius 1 is 1.23 bits per heavy atom. The summed E-state index contributed by atoms with van der Waals surface area (Å²) < 4.78 is 12.9. The number of amides is 1. The average molecular weight is 576 g/mol. The van der Waals surface area contributed by atoms with E-state index in [1.54, 1.807) is 17.9 Å². The number of hydrogen-bond acceptors (Lipinski definition) is 7. The molecule has 1 amide bonds. The first-order valence-corrected chi connectivity index (χ1v) is 13.4. The van der Waals surface area contributed by atoms with E-state index in [0.29, 0.717) is 39.3 Å². The number of carbonyl (C=O) groups excluding carboxylic acids is 1. The number of nitrogens with zero attached hydrogens (tertiary/aromatic N) is 4. The number of ether oxygens (including phenoxy) is 1. The lowest BCUT2D eigenvalue weighted by molar-refractivity contribution is 0.0376. The van der Waals surface area contributed by atoms with E-state index in [9.17, 15) is 4.79 Å². The van der Waals surface area contributed by atoms with E-state index < -0.39 is 0 Å². The number of carbonyl (C=O) groups is 1. The molecule has 0 atom stereocenters. The molecule has 0 saturated carbocycles. The van der Waals surface area contributed by atoms with Crippen LogP contribution in [0.15, 0.2) is 51.5 Å². The van der Waals surface area contributed by atoms with E-state index in [0.717, 1.165) is 54.0 Å². The second kappa shape index (κ2) is 10.8. The zero-order chi connectivity index (χ0) is 24.4. The molecule has 2 aromatic heterocycles. The van der Waals surface area contributed by atoms with E-state index in [4.69, 9.17) is 25.8 Å². The van der Waals surface area contributed by atoms with Gasteiger partial charge in [-0.3, -0.25) is 14.6 Å². The third kappa shape index (κ3) is 5.29. The lowest BCUT2D eigenvalue weighted by Gasteiger charge is -2.27. The van der Waals surface area contributed by atoms with Crippen molar-refractivity contribution in [2.24, 2.45) is 0 Å². The van der Waals surface area contributed by atoms with Crippen LogP contribution in [0.25, 0.3) is 21.5 Å². The first-order valence-electron chi connectivity index (χ1n) is 11.4. The fourth-order valence-corrected chi connectivity index (χ4v) is 5.93. The number of thiazole rings is 1. The summed E-state index contributed by atoms with van der Waals surface area (Å²) in [7, 11) is 0. The summed E-state index contributed by atoms with van der Waals surface area (Å²) in [6, 6.07) is 13.3. The van der Waals surface area contributed by atoms with Gasteiger partial charge in [0.15, 0.2) is 5.13 Å². The Morgan fingerprint density at radius 3 is 2.83 bits per heavy atom. The van der Waals surface area contributed by atoms with Gasteiger partial charge in [0.2, 0.25) is 0 Å². The summed E-state index contributed by atoms with van der Waals surface area (Å²) >= 11 is 11.5. The van der Waals surface area contributed by atoms with E-state index in [2.05, 4.69) is 26.0 Å². The average Bonchev–Trinajstić information content (AvgIpc) is 3.45. The molecule has 10 heteroatoms. The van der Waals surface area contributed by atoms with Crippen LogP contribution in [0.4, 0.5) is 5.13 Å². The quantitative estimate of drug-likeness (QED) is 0.267. The maximum absolute atomic E-state index is 14.1. The lowest BCUT2D eigenvalue weighted by Crippen LogP contribution is -2.39. The van der Waals surface area contributed by atoms with E-state index in [1.807, 2.05) is 36.4 Å². The standard InChI is InChI=1S/C25H24BrClN4O3S/c1-16-22(23(29-34-16)18-5-2-3-6-19(18)27)24(32)31(10-4-9-30-11-13-33-14-12-30)25-28-20-8-7-17(26)15-21(20)35-25/h2-3,5-8,15H,4,9-14H2,1H3. The van der Waals surface area contributed by atoms with Crippen molar-refractivity contribution in [3.8, 4) is 11.3 Å². The van der Waals surface area contributed by atoms with Crippen molar-refractivity contribution in [3.63, 3.8) is 0 Å². The number of morpholine rings is 1. The first-order chi connectivity index (χ1) is 17.0. The van der Waals surface area contributed by atoms with Crippen LogP contribution >= 0.6 is 38.9 Å². The second-order valence-corrected chi connectivity index (χ2v) is 10.6. The van der Waals surface area contributed by atoms with Crippen molar-refractivity contribution in [3.05, 3.63) is 63.3 Å². The molecule has 0 bridgehead atoms. The molecule has 1 fully saturated rings. The van der Waals surface area contributed by atoms with Gasteiger partial charge < -0.3 is 9.26 Å². The van der Waals surface area contributed by atoms with Gasteiger partial charge in [-0.25, -0.2) is 4.98 Å². The van der Waals surface area contributed by atoms with Crippen molar-refractivity contribution in [1.29, 1.82) is 0 Å². The van der Waals surface area contributed by atoms with Crippen LogP contribution in [-0.2, 0) is 4.74 Å². The van der Waals surface area contributed by atoms with Crippen LogP contribution in [0.5, 0.6) is 0 Å². The Hall–Kier alpha value is -2.30. The summed E-state index contributed by atoms with van der Waals surface area (Å²) in [6.45, 7) is 6.46. The minimum absolute atomic E-state index is 0.196. The molecule has 1 aliphatic rings. The Labute approximate surface area is 220 Å². The highest BCUT2D eigenvalue weighted by Gasteiger charge is 2.29. The minimum atomic E-state index is -0.196. The van der Waals surface area contributed by atoms with Crippen LogP contribution in [0.1, 0.15) is 22.5 Å². The maximum Gasteiger partial charge on any atom is 0.265 e. The molecule has 4 aromatic rings. The number of aryl methyl sites for hydroxylation is 1. The first kappa shape index (κ1) is 24.4. The summed E-state index contributed by atoms with van der Waals surface area (Å²) in [6.07, 6.45) is 0.803. The van der Waals surface area contributed by atoms with Crippen molar-refractivity contribution in [2.45, 2.75) is 13.3 Å². The smallest absolute Gasteiger partial charge is 0.265 e. The van der Waals surface area contributed by atoms with Crippen LogP contribution < -0.4 is 4.90 Å². The Kier molecular flexibility index (Phi) is 7.50. The summed E-state index contributed by atoms with van der Waals surface area (Å²) in [4.78, 5) is 23.0. The van der Waals surface area contributed by atoms with Gasteiger partial charge >= 0.3 is 0 Å². The normalized spacial score (nSPS) is 14.5.